The molecule has 1 aromatic carbocycles. The molecule has 114 valence electrons. The van der Waals surface area contributed by atoms with E-state index >= 15 is 0 Å². The Hall–Kier alpha value is -1.47. The Morgan fingerprint density at radius 3 is 2.57 bits per heavy atom. The first-order valence-electron chi connectivity index (χ1n) is 6.88. The van der Waals surface area contributed by atoms with Crippen molar-refractivity contribution in [2.75, 3.05) is 6.61 Å². The number of fused-ring (bicyclic) bond motifs is 1. The van der Waals surface area contributed by atoms with E-state index in [4.69, 9.17) is 18.9 Å². The molecular weight excluding hydrogens is 276 g/mol. The number of benzene rings is 1. The number of aliphatic hydroxyl groups excluding tert-OH is 1. The Kier molecular flexibility index (Phi) is 3.71. The SMILES string of the molecule is CC1(C)O[C@H]2[C@H](OC(=O)c3ccccc3)O[C@H](CO)[C@H]2O1. The molecule has 0 aromatic heterocycles. The van der Waals surface area contributed by atoms with E-state index in [9.17, 15) is 9.90 Å². The van der Waals surface area contributed by atoms with Crippen LogP contribution in [0.1, 0.15) is 24.2 Å². The summed E-state index contributed by atoms with van der Waals surface area (Å²) in [6, 6.07) is 8.65. The third kappa shape index (κ3) is 2.80. The third-order valence-corrected chi connectivity index (χ3v) is 3.52. The van der Waals surface area contributed by atoms with Crippen molar-refractivity contribution in [1.82, 2.24) is 0 Å². The summed E-state index contributed by atoms with van der Waals surface area (Å²) in [6.45, 7) is 3.33. The molecule has 1 N–H and O–H groups in total. The average Bonchev–Trinajstić information content (AvgIpc) is 2.94. The van der Waals surface area contributed by atoms with Crippen LogP contribution in [0.15, 0.2) is 30.3 Å². The van der Waals surface area contributed by atoms with Gasteiger partial charge in [0.05, 0.1) is 12.2 Å². The summed E-state index contributed by atoms with van der Waals surface area (Å²) in [5.74, 6) is -1.28. The number of aliphatic hydroxyl groups is 1. The van der Waals surface area contributed by atoms with Gasteiger partial charge in [0.2, 0.25) is 6.29 Å². The van der Waals surface area contributed by atoms with Crippen LogP contribution in [0.4, 0.5) is 0 Å². The molecule has 0 saturated carbocycles. The first-order chi connectivity index (χ1) is 10.00. The van der Waals surface area contributed by atoms with Gasteiger partial charge in [-0.3, -0.25) is 0 Å². The summed E-state index contributed by atoms with van der Waals surface area (Å²) in [5.41, 5.74) is 0.434. The molecule has 2 aliphatic heterocycles. The standard InChI is InChI=1S/C15H18O6/c1-15(2)20-11-10(8-16)18-14(12(11)21-15)19-13(17)9-6-4-3-5-7-9/h3-7,10-12,14,16H,8H2,1-2H3/t10-,11-,12-,14+/m1/s1. The van der Waals surface area contributed by atoms with Crippen LogP contribution >= 0.6 is 0 Å². The number of rotatable bonds is 3. The number of ether oxygens (including phenoxy) is 4. The molecule has 0 aliphatic carbocycles. The Morgan fingerprint density at radius 1 is 1.24 bits per heavy atom. The van der Waals surface area contributed by atoms with Gasteiger partial charge in [-0.15, -0.1) is 0 Å². The topological polar surface area (TPSA) is 74.2 Å². The number of hydrogen-bond acceptors (Lipinski definition) is 6. The molecule has 21 heavy (non-hydrogen) atoms. The fraction of sp³-hybridized carbons (Fsp3) is 0.533. The quantitative estimate of drug-likeness (QED) is 0.841. The Bertz CT molecular complexity index is 514. The van der Waals surface area contributed by atoms with Gasteiger partial charge in [-0.25, -0.2) is 4.79 Å². The molecule has 0 bridgehead atoms. The van der Waals surface area contributed by atoms with Crippen LogP contribution in [-0.2, 0) is 18.9 Å². The highest BCUT2D eigenvalue weighted by Gasteiger charge is 2.56. The molecule has 0 radical (unpaired) electrons. The molecule has 1 aromatic rings. The summed E-state index contributed by atoms with van der Waals surface area (Å²) >= 11 is 0. The van der Waals surface area contributed by atoms with Crippen LogP contribution in [0, 0.1) is 0 Å². The van der Waals surface area contributed by atoms with E-state index < -0.39 is 36.4 Å². The van der Waals surface area contributed by atoms with Gasteiger partial charge in [-0.2, -0.15) is 0 Å². The van der Waals surface area contributed by atoms with Gasteiger partial charge >= 0.3 is 5.97 Å². The minimum Gasteiger partial charge on any atom is -0.429 e. The van der Waals surface area contributed by atoms with Gasteiger partial charge in [0, 0.05) is 0 Å². The summed E-state index contributed by atoms with van der Waals surface area (Å²) in [7, 11) is 0. The normalized spacial score (nSPS) is 33.7. The lowest BCUT2D eigenvalue weighted by Gasteiger charge is -2.23. The van der Waals surface area contributed by atoms with Crippen molar-refractivity contribution < 1.29 is 28.8 Å². The van der Waals surface area contributed by atoms with Crippen molar-refractivity contribution in [3.8, 4) is 0 Å². The summed E-state index contributed by atoms with van der Waals surface area (Å²) < 4.78 is 22.3. The van der Waals surface area contributed by atoms with Crippen LogP contribution in [-0.4, -0.2) is 48.1 Å². The minimum atomic E-state index is -0.887. The lowest BCUT2D eigenvalue weighted by atomic mass is 10.1. The number of hydrogen-bond donors (Lipinski definition) is 1. The number of carbonyl (C=O) groups is 1. The summed E-state index contributed by atoms with van der Waals surface area (Å²) in [6.07, 6.45) is -2.43. The zero-order valence-corrected chi connectivity index (χ0v) is 11.9. The van der Waals surface area contributed by atoms with E-state index in [0.29, 0.717) is 5.56 Å². The molecule has 2 heterocycles. The maximum Gasteiger partial charge on any atom is 0.340 e. The second-order valence-corrected chi connectivity index (χ2v) is 5.56. The molecular formula is C15H18O6. The lowest BCUT2D eigenvalue weighted by molar-refractivity contribution is -0.223. The van der Waals surface area contributed by atoms with Crippen molar-refractivity contribution in [2.45, 2.75) is 44.2 Å². The molecule has 3 rings (SSSR count). The number of esters is 1. The molecule has 2 fully saturated rings. The molecule has 0 unspecified atom stereocenters. The second kappa shape index (κ2) is 5.38. The molecule has 6 heteroatoms. The first kappa shape index (κ1) is 14.5. The van der Waals surface area contributed by atoms with E-state index in [2.05, 4.69) is 0 Å². The van der Waals surface area contributed by atoms with Crippen molar-refractivity contribution >= 4 is 5.97 Å². The molecule has 6 nitrogen and oxygen atoms in total. The average molecular weight is 294 g/mol. The predicted molar refractivity (Wildman–Crippen MR) is 71.4 cm³/mol. The fourth-order valence-corrected chi connectivity index (χ4v) is 2.63. The van der Waals surface area contributed by atoms with Crippen LogP contribution < -0.4 is 0 Å². The Balaban J connectivity index is 1.72. The van der Waals surface area contributed by atoms with E-state index in [-0.39, 0.29) is 6.61 Å². The van der Waals surface area contributed by atoms with E-state index in [1.165, 1.54) is 0 Å². The highest BCUT2D eigenvalue weighted by Crippen LogP contribution is 2.39. The van der Waals surface area contributed by atoms with E-state index in [1.54, 1.807) is 38.1 Å². The van der Waals surface area contributed by atoms with Crippen molar-refractivity contribution in [2.24, 2.45) is 0 Å². The van der Waals surface area contributed by atoms with Gasteiger partial charge in [-0.05, 0) is 26.0 Å². The molecule has 0 spiro atoms. The highest BCUT2D eigenvalue weighted by molar-refractivity contribution is 5.89. The van der Waals surface area contributed by atoms with E-state index in [0.717, 1.165) is 0 Å². The maximum absolute atomic E-state index is 12.1. The zero-order chi connectivity index (χ0) is 15.0. The fourth-order valence-electron chi connectivity index (χ4n) is 2.63. The molecule has 4 atom stereocenters. The lowest BCUT2D eigenvalue weighted by Crippen LogP contribution is -2.33. The molecule has 2 aliphatic rings. The summed E-state index contributed by atoms with van der Waals surface area (Å²) in [4.78, 5) is 12.1. The Morgan fingerprint density at radius 2 is 1.90 bits per heavy atom. The minimum absolute atomic E-state index is 0.222. The largest absolute Gasteiger partial charge is 0.429 e. The van der Waals surface area contributed by atoms with Crippen LogP contribution in [0.3, 0.4) is 0 Å². The van der Waals surface area contributed by atoms with E-state index in [1.807, 2.05) is 6.07 Å². The molecule has 0 amide bonds. The van der Waals surface area contributed by atoms with Gasteiger partial charge in [0.25, 0.3) is 0 Å². The zero-order valence-electron chi connectivity index (χ0n) is 11.9. The van der Waals surface area contributed by atoms with Crippen LogP contribution in [0.2, 0.25) is 0 Å². The maximum atomic E-state index is 12.1. The molecule has 2 saturated heterocycles. The smallest absolute Gasteiger partial charge is 0.340 e. The van der Waals surface area contributed by atoms with Crippen LogP contribution in [0.25, 0.3) is 0 Å². The third-order valence-electron chi connectivity index (χ3n) is 3.52. The Labute approximate surface area is 122 Å². The predicted octanol–water partition coefficient (Wildman–Crippen LogP) is 1.08. The monoisotopic (exact) mass is 294 g/mol. The second-order valence-electron chi connectivity index (χ2n) is 5.56. The van der Waals surface area contributed by atoms with Crippen molar-refractivity contribution in [3.63, 3.8) is 0 Å². The van der Waals surface area contributed by atoms with Gasteiger partial charge in [0.15, 0.2) is 11.9 Å². The van der Waals surface area contributed by atoms with Crippen molar-refractivity contribution in [1.29, 1.82) is 0 Å². The van der Waals surface area contributed by atoms with Crippen LogP contribution in [0.5, 0.6) is 0 Å². The number of carbonyl (C=O) groups excluding carboxylic acids is 1. The summed E-state index contributed by atoms with van der Waals surface area (Å²) in [5, 5.41) is 9.35. The van der Waals surface area contributed by atoms with Crippen molar-refractivity contribution in [3.05, 3.63) is 35.9 Å². The van der Waals surface area contributed by atoms with Gasteiger partial charge in [-0.1, -0.05) is 18.2 Å². The first-order valence-corrected chi connectivity index (χ1v) is 6.88. The highest BCUT2D eigenvalue weighted by atomic mass is 16.8. The van der Waals surface area contributed by atoms with Gasteiger partial charge in [0.1, 0.15) is 12.2 Å². The van der Waals surface area contributed by atoms with Gasteiger partial charge < -0.3 is 24.1 Å².